The number of nitrogen functional groups attached to an aromatic ring is 1. The fourth-order valence-corrected chi connectivity index (χ4v) is 2.90. The standard InChI is InChI=1S/C14H17N3O2/c1-19-13(18)9-6-7-11-12(8-9)17(14(15)16-11)10-4-2-3-5-10/h6-8,10H,2-5H2,1H3,(H2,15,16). The number of nitrogens with two attached hydrogens (primary N) is 1. The lowest BCUT2D eigenvalue weighted by molar-refractivity contribution is 0.0601. The van der Waals surface area contributed by atoms with Gasteiger partial charge in [-0.2, -0.15) is 0 Å². The molecule has 1 aliphatic carbocycles. The van der Waals surface area contributed by atoms with Crippen molar-refractivity contribution in [1.82, 2.24) is 9.55 Å². The zero-order valence-corrected chi connectivity index (χ0v) is 10.9. The number of aromatic nitrogens is 2. The van der Waals surface area contributed by atoms with E-state index in [-0.39, 0.29) is 5.97 Å². The van der Waals surface area contributed by atoms with Gasteiger partial charge >= 0.3 is 5.97 Å². The molecule has 2 N–H and O–H groups in total. The maximum Gasteiger partial charge on any atom is 0.337 e. The number of imidazole rings is 1. The van der Waals surface area contributed by atoms with Crippen LogP contribution in [-0.2, 0) is 4.74 Å². The first-order valence-corrected chi connectivity index (χ1v) is 6.56. The van der Waals surface area contributed by atoms with Gasteiger partial charge in [0.15, 0.2) is 0 Å². The third-order valence-corrected chi connectivity index (χ3v) is 3.83. The predicted molar refractivity (Wildman–Crippen MR) is 73.0 cm³/mol. The highest BCUT2D eigenvalue weighted by Gasteiger charge is 2.22. The molecule has 1 fully saturated rings. The van der Waals surface area contributed by atoms with E-state index in [1.54, 1.807) is 6.07 Å². The molecule has 2 aromatic rings. The number of anilines is 1. The topological polar surface area (TPSA) is 70.1 Å². The highest BCUT2D eigenvalue weighted by molar-refractivity contribution is 5.94. The van der Waals surface area contributed by atoms with E-state index in [1.807, 2.05) is 12.1 Å². The van der Waals surface area contributed by atoms with Crippen molar-refractivity contribution in [1.29, 1.82) is 0 Å². The zero-order valence-electron chi connectivity index (χ0n) is 10.9. The Balaban J connectivity index is 2.14. The van der Waals surface area contributed by atoms with E-state index in [2.05, 4.69) is 9.55 Å². The highest BCUT2D eigenvalue weighted by atomic mass is 16.5. The minimum atomic E-state index is -0.334. The van der Waals surface area contributed by atoms with Crippen LogP contribution in [0.1, 0.15) is 42.1 Å². The summed E-state index contributed by atoms with van der Waals surface area (Å²) in [6.45, 7) is 0. The van der Waals surface area contributed by atoms with Gasteiger partial charge in [-0.1, -0.05) is 12.8 Å². The van der Waals surface area contributed by atoms with Crippen molar-refractivity contribution in [3.05, 3.63) is 23.8 Å². The normalized spacial score (nSPS) is 16.1. The monoisotopic (exact) mass is 259 g/mol. The van der Waals surface area contributed by atoms with E-state index in [9.17, 15) is 4.79 Å². The molecule has 3 rings (SSSR count). The third kappa shape index (κ3) is 1.95. The summed E-state index contributed by atoms with van der Waals surface area (Å²) in [5.74, 6) is 0.198. The Hall–Kier alpha value is -2.04. The molecular formula is C14H17N3O2. The summed E-state index contributed by atoms with van der Waals surface area (Å²) >= 11 is 0. The molecule has 0 spiro atoms. The number of esters is 1. The molecule has 1 saturated carbocycles. The Kier molecular flexibility index (Phi) is 2.89. The lowest BCUT2D eigenvalue weighted by Gasteiger charge is -2.14. The van der Waals surface area contributed by atoms with Crippen molar-refractivity contribution in [2.75, 3.05) is 12.8 Å². The highest BCUT2D eigenvalue weighted by Crippen LogP contribution is 2.34. The number of benzene rings is 1. The van der Waals surface area contributed by atoms with Gasteiger partial charge in [-0.25, -0.2) is 9.78 Å². The van der Waals surface area contributed by atoms with Crippen LogP contribution in [0.2, 0.25) is 0 Å². The molecule has 1 heterocycles. The summed E-state index contributed by atoms with van der Waals surface area (Å²) in [7, 11) is 1.38. The molecule has 1 aromatic carbocycles. The molecule has 5 heteroatoms. The molecule has 0 aliphatic heterocycles. The van der Waals surface area contributed by atoms with Crippen molar-refractivity contribution in [3.8, 4) is 0 Å². The summed E-state index contributed by atoms with van der Waals surface area (Å²) in [5, 5.41) is 0. The van der Waals surface area contributed by atoms with E-state index < -0.39 is 0 Å². The van der Waals surface area contributed by atoms with Crippen molar-refractivity contribution in [2.24, 2.45) is 0 Å². The molecule has 100 valence electrons. The molecule has 19 heavy (non-hydrogen) atoms. The van der Waals surface area contributed by atoms with Gasteiger partial charge in [-0.05, 0) is 31.0 Å². The minimum Gasteiger partial charge on any atom is -0.465 e. The molecular weight excluding hydrogens is 242 g/mol. The lowest BCUT2D eigenvalue weighted by Crippen LogP contribution is -2.09. The molecule has 0 amide bonds. The van der Waals surface area contributed by atoms with Crippen LogP contribution in [0, 0.1) is 0 Å². The van der Waals surface area contributed by atoms with Crippen molar-refractivity contribution in [3.63, 3.8) is 0 Å². The van der Waals surface area contributed by atoms with E-state index >= 15 is 0 Å². The summed E-state index contributed by atoms with van der Waals surface area (Å²) < 4.78 is 6.82. The first kappa shape index (κ1) is 12.0. The largest absolute Gasteiger partial charge is 0.465 e. The number of rotatable bonds is 2. The van der Waals surface area contributed by atoms with E-state index in [0.717, 1.165) is 23.9 Å². The quantitative estimate of drug-likeness (QED) is 0.841. The zero-order chi connectivity index (χ0) is 13.4. The van der Waals surface area contributed by atoms with Gasteiger partial charge in [-0.3, -0.25) is 0 Å². The first-order chi connectivity index (χ1) is 9.20. The predicted octanol–water partition coefficient (Wildman–Crippen LogP) is 2.52. The summed E-state index contributed by atoms with van der Waals surface area (Å²) in [6.07, 6.45) is 4.69. The second-order valence-electron chi connectivity index (χ2n) is 4.97. The number of ether oxygens (including phenoxy) is 1. The Labute approximate surface area is 111 Å². The average molecular weight is 259 g/mol. The molecule has 5 nitrogen and oxygen atoms in total. The third-order valence-electron chi connectivity index (χ3n) is 3.83. The second kappa shape index (κ2) is 4.57. The minimum absolute atomic E-state index is 0.334. The number of nitrogens with zero attached hydrogens (tertiary/aromatic N) is 2. The summed E-state index contributed by atoms with van der Waals surface area (Å²) in [4.78, 5) is 16.0. The van der Waals surface area contributed by atoms with Crippen LogP contribution < -0.4 is 5.73 Å². The SMILES string of the molecule is COC(=O)c1ccc2nc(N)n(C3CCCC3)c2c1. The summed E-state index contributed by atoms with van der Waals surface area (Å²) in [6, 6.07) is 5.77. The first-order valence-electron chi connectivity index (χ1n) is 6.56. The van der Waals surface area contributed by atoms with Gasteiger partial charge in [0, 0.05) is 6.04 Å². The summed E-state index contributed by atoms with van der Waals surface area (Å²) in [5.41, 5.74) is 8.32. The van der Waals surface area contributed by atoms with Crippen LogP contribution in [0.15, 0.2) is 18.2 Å². The molecule has 0 radical (unpaired) electrons. The van der Waals surface area contributed by atoms with E-state index in [4.69, 9.17) is 10.5 Å². The molecule has 0 saturated heterocycles. The van der Waals surface area contributed by atoms with Crippen molar-refractivity contribution < 1.29 is 9.53 Å². The van der Waals surface area contributed by atoms with Crippen LogP contribution in [0.3, 0.4) is 0 Å². The Morgan fingerprint density at radius 2 is 2.16 bits per heavy atom. The number of hydrogen-bond acceptors (Lipinski definition) is 4. The Bertz CT molecular complexity index is 627. The molecule has 0 unspecified atom stereocenters. The van der Waals surface area contributed by atoms with Gasteiger partial charge < -0.3 is 15.0 Å². The maximum absolute atomic E-state index is 11.6. The Morgan fingerprint density at radius 1 is 1.42 bits per heavy atom. The fraction of sp³-hybridized carbons (Fsp3) is 0.429. The molecule has 0 atom stereocenters. The second-order valence-corrected chi connectivity index (χ2v) is 4.97. The van der Waals surface area contributed by atoms with Gasteiger partial charge in [0.05, 0.1) is 23.7 Å². The number of fused-ring (bicyclic) bond motifs is 1. The smallest absolute Gasteiger partial charge is 0.337 e. The number of hydrogen-bond donors (Lipinski definition) is 1. The fourth-order valence-electron chi connectivity index (χ4n) is 2.90. The molecule has 1 aliphatic rings. The average Bonchev–Trinajstić information content (AvgIpc) is 3.02. The number of carbonyl (C=O) groups excluding carboxylic acids is 1. The van der Waals surface area contributed by atoms with Crippen molar-refractivity contribution >= 4 is 23.0 Å². The molecule has 1 aromatic heterocycles. The lowest BCUT2D eigenvalue weighted by atomic mass is 10.2. The Morgan fingerprint density at radius 3 is 2.84 bits per heavy atom. The van der Waals surface area contributed by atoms with Gasteiger partial charge in [0.25, 0.3) is 0 Å². The van der Waals surface area contributed by atoms with Gasteiger partial charge in [0.1, 0.15) is 0 Å². The maximum atomic E-state index is 11.6. The van der Waals surface area contributed by atoms with Crippen LogP contribution in [0.25, 0.3) is 11.0 Å². The van der Waals surface area contributed by atoms with E-state index in [1.165, 1.54) is 20.0 Å². The molecule has 0 bridgehead atoms. The van der Waals surface area contributed by atoms with Gasteiger partial charge in [-0.15, -0.1) is 0 Å². The van der Waals surface area contributed by atoms with Gasteiger partial charge in [0.2, 0.25) is 5.95 Å². The van der Waals surface area contributed by atoms with Crippen molar-refractivity contribution in [2.45, 2.75) is 31.7 Å². The number of methoxy groups -OCH3 is 1. The van der Waals surface area contributed by atoms with Crippen LogP contribution in [0.5, 0.6) is 0 Å². The van der Waals surface area contributed by atoms with Crippen LogP contribution in [0.4, 0.5) is 5.95 Å². The number of carbonyl (C=O) groups is 1. The van der Waals surface area contributed by atoms with Crippen LogP contribution in [-0.4, -0.2) is 22.6 Å². The van der Waals surface area contributed by atoms with Crippen LogP contribution >= 0.6 is 0 Å². The van der Waals surface area contributed by atoms with E-state index in [0.29, 0.717) is 17.6 Å².